The highest BCUT2D eigenvalue weighted by molar-refractivity contribution is 6.14. The lowest BCUT2D eigenvalue weighted by molar-refractivity contribution is -0.715. The van der Waals surface area contributed by atoms with Gasteiger partial charge < -0.3 is 0 Å². The Morgan fingerprint density at radius 1 is 0.789 bits per heavy atom. The fraction of sp³-hybridized carbons (Fsp3) is 0.0667. The number of hydrogen-bond acceptors (Lipinski definition) is 3. The summed E-state index contributed by atoms with van der Waals surface area (Å²) in [5.41, 5.74) is 4.68. The zero-order valence-electron chi connectivity index (χ0n) is 10.5. The third-order valence-corrected chi connectivity index (χ3v) is 3.33. The van der Waals surface area contributed by atoms with Crippen LogP contribution < -0.4 is 5.43 Å². The average molecular weight is 253 g/mol. The van der Waals surface area contributed by atoms with E-state index in [4.69, 9.17) is 0 Å². The molecule has 0 bridgehead atoms. The van der Waals surface area contributed by atoms with Crippen LogP contribution in [0.4, 0.5) is 5.69 Å². The molecule has 2 aromatic rings. The van der Waals surface area contributed by atoms with Crippen molar-refractivity contribution in [2.75, 3.05) is 12.5 Å². The summed E-state index contributed by atoms with van der Waals surface area (Å²) < 4.78 is -0.455. The summed E-state index contributed by atoms with van der Waals surface area (Å²) in [7, 11) is 1.58. The average Bonchev–Trinajstić information content (AvgIpc) is 2.63. The molecule has 0 spiro atoms. The van der Waals surface area contributed by atoms with Gasteiger partial charge in [-0.2, -0.15) is 0 Å². The molecule has 0 unspecified atom stereocenters. The Labute approximate surface area is 110 Å². The smallest absolute Gasteiger partial charge is 0.222 e. The fourth-order valence-electron chi connectivity index (χ4n) is 2.30. The summed E-state index contributed by atoms with van der Waals surface area (Å²) in [6.45, 7) is 0. The fourth-order valence-corrected chi connectivity index (χ4v) is 2.30. The molecule has 0 atom stereocenters. The first-order chi connectivity index (χ1) is 9.13. The lowest BCUT2D eigenvalue weighted by atomic mass is 10.1. The summed E-state index contributed by atoms with van der Waals surface area (Å²) in [4.78, 5) is 24.8. The first-order valence-electron chi connectivity index (χ1n) is 6.01. The lowest BCUT2D eigenvalue weighted by Gasteiger charge is -2.24. The van der Waals surface area contributed by atoms with Crippen molar-refractivity contribution in [2.24, 2.45) is 0 Å². The SMILES string of the molecule is C[N+]1(Nc2ccccc2)C(=O)c2ccccc2C1=O. The van der Waals surface area contributed by atoms with Gasteiger partial charge in [-0.1, -0.05) is 34.9 Å². The highest BCUT2D eigenvalue weighted by atomic mass is 16.2. The van der Waals surface area contributed by atoms with E-state index in [0.717, 1.165) is 5.69 Å². The number of anilines is 1. The van der Waals surface area contributed by atoms with Crippen LogP contribution in [-0.2, 0) is 0 Å². The number of amides is 2. The van der Waals surface area contributed by atoms with Gasteiger partial charge >= 0.3 is 11.8 Å². The molecule has 0 aliphatic carbocycles. The highest BCUT2D eigenvalue weighted by Gasteiger charge is 2.51. The van der Waals surface area contributed by atoms with Crippen LogP contribution in [0.2, 0.25) is 0 Å². The van der Waals surface area contributed by atoms with Crippen LogP contribution in [0.15, 0.2) is 54.6 Å². The number of hydrogen-bond donors (Lipinski definition) is 1. The van der Waals surface area contributed by atoms with E-state index in [1.54, 1.807) is 31.3 Å². The summed E-state index contributed by atoms with van der Waals surface area (Å²) in [6.07, 6.45) is 0. The van der Waals surface area contributed by atoms with Crippen LogP contribution in [0.1, 0.15) is 20.7 Å². The lowest BCUT2D eigenvalue weighted by Crippen LogP contribution is -2.53. The molecule has 2 aromatic carbocycles. The van der Waals surface area contributed by atoms with Crippen LogP contribution in [-0.4, -0.2) is 23.5 Å². The standard InChI is InChI=1S/C15H13N2O2/c1-17(16-11-7-3-2-4-8-11)14(18)12-9-5-6-10-13(12)15(17)19/h2-10,16H,1H3/q+1. The predicted octanol–water partition coefficient (Wildman–Crippen LogP) is 2.45. The van der Waals surface area contributed by atoms with Gasteiger partial charge in [0.05, 0.1) is 16.8 Å². The molecular formula is C15H13N2O2+. The van der Waals surface area contributed by atoms with Crippen molar-refractivity contribution in [3.05, 3.63) is 65.7 Å². The number of nitrogens with zero attached hydrogens (tertiary/aromatic N) is 1. The van der Waals surface area contributed by atoms with Crippen LogP contribution in [0, 0.1) is 0 Å². The molecular weight excluding hydrogens is 240 g/mol. The van der Waals surface area contributed by atoms with E-state index in [9.17, 15) is 9.59 Å². The Kier molecular flexibility index (Phi) is 2.47. The minimum Gasteiger partial charge on any atom is -0.222 e. The number of benzene rings is 2. The van der Waals surface area contributed by atoms with Crippen molar-refractivity contribution in [2.45, 2.75) is 0 Å². The van der Waals surface area contributed by atoms with Gasteiger partial charge in [0.25, 0.3) is 0 Å². The number of fused-ring (bicyclic) bond motifs is 1. The van der Waals surface area contributed by atoms with E-state index >= 15 is 0 Å². The first kappa shape index (κ1) is 11.6. The van der Waals surface area contributed by atoms with Crippen molar-refractivity contribution < 1.29 is 14.2 Å². The van der Waals surface area contributed by atoms with Crippen molar-refractivity contribution >= 4 is 17.5 Å². The molecule has 1 heterocycles. The second kappa shape index (κ2) is 4.03. The van der Waals surface area contributed by atoms with E-state index in [0.29, 0.717) is 11.1 Å². The normalized spacial score (nSPS) is 16.3. The molecule has 0 fully saturated rings. The van der Waals surface area contributed by atoms with Gasteiger partial charge in [0, 0.05) is 0 Å². The zero-order chi connectivity index (χ0) is 13.5. The van der Waals surface area contributed by atoms with Gasteiger partial charge in [-0.05, 0) is 24.3 Å². The predicted molar refractivity (Wildman–Crippen MR) is 71.4 cm³/mol. The van der Waals surface area contributed by atoms with Crippen molar-refractivity contribution in [1.29, 1.82) is 0 Å². The molecule has 4 heteroatoms. The van der Waals surface area contributed by atoms with Gasteiger partial charge in [-0.15, -0.1) is 0 Å². The van der Waals surface area contributed by atoms with Crippen LogP contribution in [0.3, 0.4) is 0 Å². The minimum absolute atomic E-state index is 0.232. The summed E-state index contributed by atoms with van der Waals surface area (Å²) in [5, 5.41) is 0. The Bertz CT molecular complexity index is 630. The van der Waals surface area contributed by atoms with E-state index < -0.39 is 4.59 Å². The van der Waals surface area contributed by atoms with Gasteiger partial charge in [-0.3, -0.25) is 0 Å². The minimum atomic E-state index is -0.455. The number of carbonyl (C=O) groups excluding carboxylic acids is 2. The van der Waals surface area contributed by atoms with Crippen LogP contribution in [0.5, 0.6) is 0 Å². The number of rotatable bonds is 2. The number of quaternary nitrogens is 1. The molecule has 94 valence electrons. The molecule has 2 amide bonds. The Morgan fingerprint density at radius 2 is 1.26 bits per heavy atom. The van der Waals surface area contributed by atoms with Gasteiger partial charge in [0.15, 0.2) is 0 Å². The zero-order valence-corrected chi connectivity index (χ0v) is 10.5. The van der Waals surface area contributed by atoms with Gasteiger partial charge in [0.2, 0.25) is 0 Å². The molecule has 1 aliphatic rings. The third kappa shape index (κ3) is 1.65. The van der Waals surface area contributed by atoms with Crippen molar-refractivity contribution in [3.63, 3.8) is 0 Å². The molecule has 4 nitrogen and oxygen atoms in total. The quantitative estimate of drug-likeness (QED) is 0.660. The molecule has 3 rings (SSSR count). The van der Waals surface area contributed by atoms with E-state index in [1.807, 2.05) is 30.3 Å². The summed E-state index contributed by atoms with van der Waals surface area (Å²) in [6, 6.07) is 16.1. The Balaban J connectivity index is 2.03. The number of carbonyl (C=O) groups is 2. The van der Waals surface area contributed by atoms with Crippen molar-refractivity contribution in [3.8, 4) is 0 Å². The maximum absolute atomic E-state index is 12.4. The maximum atomic E-state index is 12.4. The van der Waals surface area contributed by atoms with E-state index in [-0.39, 0.29) is 11.8 Å². The molecule has 0 saturated carbocycles. The van der Waals surface area contributed by atoms with E-state index in [2.05, 4.69) is 5.43 Å². The monoisotopic (exact) mass is 253 g/mol. The van der Waals surface area contributed by atoms with Gasteiger partial charge in [0.1, 0.15) is 7.05 Å². The molecule has 0 saturated heterocycles. The van der Waals surface area contributed by atoms with E-state index in [1.165, 1.54) is 0 Å². The molecule has 0 aromatic heterocycles. The number of para-hydroxylation sites is 1. The molecule has 19 heavy (non-hydrogen) atoms. The second-order valence-electron chi connectivity index (χ2n) is 4.64. The summed E-state index contributed by atoms with van der Waals surface area (Å²) >= 11 is 0. The molecule has 1 N–H and O–H groups in total. The van der Waals surface area contributed by atoms with Crippen LogP contribution >= 0.6 is 0 Å². The highest BCUT2D eigenvalue weighted by Crippen LogP contribution is 2.28. The second-order valence-corrected chi connectivity index (χ2v) is 4.64. The topological polar surface area (TPSA) is 46.2 Å². The maximum Gasteiger partial charge on any atom is 0.378 e. The molecule has 1 aliphatic heterocycles. The van der Waals surface area contributed by atoms with Gasteiger partial charge in [-0.25, -0.2) is 15.0 Å². The Hall–Kier alpha value is -2.46. The Morgan fingerprint density at radius 3 is 1.79 bits per heavy atom. The first-order valence-corrected chi connectivity index (χ1v) is 6.01. The number of imide groups is 1. The third-order valence-electron chi connectivity index (χ3n) is 3.33. The largest absolute Gasteiger partial charge is 0.378 e. The van der Waals surface area contributed by atoms with Crippen molar-refractivity contribution in [1.82, 2.24) is 0 Å². The summed E-state index contributed by atoms with van der Waals surface area (Å²) in [5.74, 6) is -0.464. The van der Waals surface area contributed by atoms with Crippen LogP contribution in [0.25, 0.3) is 0 Å². The number of nitrogens with one attached hydrogen (secondary N) is 1. The molecule has 0 radical (unpaired) electrons.